The molecule has 1 fully saturated rings. The summed E-state index contributed by atoms with van der Waals surface area (Å²) in [6.45, 7) is 1.60. The molecule has 1 heterocycles. The maximum Gasteiger partial charge on any atom is 0.229 e. The molecule has 3 amide bonds. The summed E-state index contributed by atoms with van der Waals surface area (Å²) in [5.41, 5.74) is 1.64. The van der Waals surface area contributed by atoms with Crippen molar-refractivity contribution in [3.05, 3.63) is 53.3 Å². The van der Waals surface area contributed by atoms with Crippen LogP contribution in [0.2, 0.25) is 5.02 Å². The molecule has 1 saturated heterocycles. The number of hydrogen-bond donors (Lipinski definition) is 2. The average Bonchev–Trinajstić information content (AvgIpc) is 3.00. The van der Waals surface area contributed by atoms with Crippen molar-refractivity contribution in [2.45, 2.75) is 13.3 Å². The Balaban J connectivity index is 1.65. The summed E-state index contributed by atoms with van der Waals surface area (Å²) in [5.74, 6) is -1.79. The lowest BCUT2D eigenvalue weighted by atomic mass is 10.1. The van der Waals surface area contributed by atoms with Gasteiger partial charge in [0.2, 0.25) is 17.7 Å². The fourth-order valence-corrected chi connectivity index (χ4v) is 3.04. The third-order valence-electron chi connectivity index (χ3n) is 4.18. The van der Waals surface area contributed by atoms with Crippen LogP contribution in [0, 0.1) is 11.7 Å². The molecule has 27 heavy (non-hydrogen) atoms. The van der Waals surface area contributed by atoms with Crippen LogP contribution in [0.15, 0.2) is 42.5 Å². The standard InChI is InChI=1S/C19H17ClFN3O3/c1-11(25)22-13-2-4-14(5-3-13)23-19(27)12-8-18(26)24(10-12)15-6-7-17(21)16(20)9-15/h2-7,9,12H,8,10H2,1H3,(H,22,25)(H,23,27)/t12-/m1/s1. The number of halogens is 2. The Morgan fingerprint density at radius 3 is 2.33 bits per heavy atom. The van der Waals surface area contributed by atoms with Crippen molar-refractivity contribution in [2.75, 3.05) is 22.1 Å². The average molecular weight is 390 g/mol. The minimum Gasteiger partial charge on any atom is -0.326 e. The predicted octanol–water partition coefficient (Wildman–Crippen LogP) is 3.43. The number of nitrogens with zero attached hydrogens (tertiary/aromatic N) is 1. The number of hydrogen-bond acceptors (Lipinski definition) is 3. The monoisotopic (exact) mass is 389 g/mol. The quantitative estimate of drug-likeness (QED) is 0.840. The van der Waals surface area contributed by atoms with Gasteiger partial charge in [-0.3, -0.25) is 14.4 Å². The van der Waals surface area contributed by atoms with Crippen molar-refractivity contribution in [3.63, 3.8) is 0 Å². The van der Waals surface area contributed by atoms with Crippen LogP contribution in [-0.2, 0) is 14.4 Å². The second-order valence-corrected chi connectivity index (χ2v) is 6.66. The molecule has 0 aromatic heterocycles. The van der Waals surface area contributed by atoms with Crippen LogP contribution in [0.25, 0.3) is 0 Å². The first-order chi connectivity index (χ1) is 12.8. The highest BCUT2D eigenvalue weighted by Crippen LogP contribution is 2.29. The van der Waals surface area contributed by atoms with Gasteiger partial charge in [-0.1, -0.05) is 11.6 Å². The Bertz CT molecular complexity index is 902. The first-order valence-electron chi connectivity index (χ1n) is 8.27. The smallest absolute Gasteiger partial charge is 0.229 e. The summed E-state index contributed by atoms with van der Waals surface area (Å²) in [6.07, 6.45) is 0.0603. The predicted molar refractivity (Wildman–Crippen MR) is 101 cm³/mol. The van der Waals surface area contributed by atoms with Crippen molar-refractivity contribution in [1.29, 1.82) is 0 Å². The van der Waals surface area contributed by atoms with Gasteiger partial charge in [-0.15, -0.1) is 0 Å². The summed E-state index contributed by atoms with van der Waals surface area (Å²) >= 11 is 5.77. The van der Waals surface area contributed by atoms with E-state index in [1.165, 1.54) is 30.0 Å². The van der Waals surface area contributed by atoms with Gasteiger partial charge in [0.1, 0.15) is 5.82 Å². The molecule has 1 aliphatic heterocycles. The molecule has 1 aliphatic rings. The van der Waals surface area contributed by atoms with Gasteiger partial charge in [-0.2, -0.15) is 0 Å². The SMILES string of the molecule is CC(=O)Nc1ccc(NC(=O)[C@@H]2CC(=O)N(c3ccc(F)c(Cl)c3)C2)cc1. The highest BCUT2D eigenvalue weighted by Gasteiger charge is 2.35. The number of benzene rings is 2. The normalized spacial score (nSPS) is 16.3. The first kappa shape index (κ1) is 18.8. The van der Waals surface area contributed by atoms with Crippen molar-refractivity contribution in [1.82, 2.24) is 0 Å². The van der Waals surface area contributed by atoms with Gasteiger partial charge in [0.15, 0.2) is 0 Å². The van der Waals surface area contributed by atoms with E-state index in [0.717, 1.165) is 0 Å². The summed E-state index contributed by atoms with van der Waals surface area (Å²) in [4.78, 5) is 37.2. The fourth-order valence-electron chi connectivity index (χ4n) is 2.87. The molecule has 0 unspecified atom stereocenters. The number of carbonyl (C=O) groups is 3. The second kappa shape index (κ2) is 7.75. The molecule has 0 saturated carbocycles. The van der Waals surface area contributed by atoms with E-state index in [4.69, 9.17) is 11.6 Å². The Kier molecular flexibility index (Phi) is 5.41. The molecule has 2 aromatic carbocycles. The van der Waals surface area contributed by atoms with Gasteiger partial charge in [0.05, 0.1) is 10.9 Å². The van der Waals surface area contributed by atoms with Gasteiger partial charge in [0, 0.05) is 37.0 Å². The zero-order valence-corrected chi connectivity index (χ0v) is 15.2. The number of rotatable bonds is 4. The van der Waals surface area contributed by atoms with Crippen LogP contribution >= 0.6 is 11.6 Å². The molecule has 0 bridgehead atoms. The third kappa shape index (κ3) is 4.43. The molecule has 3 rings (SSSR count). The van der Waals surface area contributed by atoms with Crippen LogP contribution in [0.5, 0.6) is 0 Å². The number of carbonyl (C=O) groups excluding carboxylic acids is 3. The molecule has 8 heteroatoms. The Labute approximate surface area is 160 Å². The molecule has 0 spiro atoms. The lowest BCUT2D eigenvalue weighted by molar-refractivity contribution is -0.122. The van der Waals surface area contributed by atoms with Crippen molar-refractivity contribution in [2.24, 2.45) is 5.92 Å². The molecule has 1 atom stereocenters. The Morgan fingerprint density at radius 2 is 1.74 bits per heavy atom. The number of nitrogens with one attached hydrogen (secondary N) is 2. The van der Waals surface area contributed by atoms with Crippen molar-refractivity contribution < 1.29 is 18.8 Å². The van der Waals surface area contributed by atoms with Gasteiger partial charge in [-0.25, -0.2) is 4.39 Å². The zero-order chi connectivity index (χ0) is 19.6. The molecular formula is C19H17ClFN3O3. The molecule has 2 aromatic rings. The summed E-state index contributed by atoms with van der Waals surface area (Å²) in [6, 6.07) is 10.7. The molecule has 6 nitrogen and oxygen atoms in total. The largest absolute Gasteiger partial charge is 0.326 e. The van der Waals surface area contributed by atoms with E-state index in [-0.39, 0.29) is 35.7 Å². The lowest BCUT2D eigenvalue weighted by Crippen LogP contribution is -2.28. The molecular weight excluding hydrogens is 373 g/mol. The van der Waals surface area contributed by atoms with Crippen molar-refractivity contribution >= 4 is 46.4 Å². The first-order valence-corrected chi connectivity index (χ1v) is 8.65. The van der Waals surface area contributed by atoms with Crippen LogP contribution in [-0.4, -0.2) is 24.3 Å². The van der Waals surface area contributed by atoms with E-state index in [9.17, 15) is 18.8 Å². The number of amides is 3. The van der Waals surface area contributed by atoms with Crippen LogP contribution in [0.3, 0.4) is 0 Å². The van der Waals surface area contributed by atoms with E-state index in [1.807, 2.05) is 0 Å². The third-order valence-corrected chi connectivity index (χ3v) is 4.47. The maximum atomic E-state index is 13.3. The van der Waals surface area contributed by atoms with Gasteiger partial charge in [0.25, 0.3) is 0 Å². The van der Waals surface area contributed by atoms with Crippen molar-refractivity contribution in [3.8, 4) is 0 Å². The number of anilines is 3. The molecule has 140 valence electrons. The van der Waals surface area contributed by atoms with Crippen LogP contribution in [0.1, 0.15) is 13.3 Å². The van der Waals surface area contributed by atoms with Gasteiger partial charge >= 0.3 is 0 Å². The second-order valence-electron chi connectivity index (χ2n) is 6.25. The van der Waals surface area contributed by atoms with E-state index in [1.54, 1.807) is 24.3 Å². The molecule has 0 aliphatic carbocycles. The molecule has 0 radical (unpaired) electrons. The highest BCUT2D eigenvalue weighted by molar-refractivity contribution is 6.31. The van der Waals surface area contributed by atoms with E-state index < -0.39 is 11.7 Å². The Hall–Kier alpha value is -2.93. The topological polar surface area (TPSA) is 78.5 Å². The van der Waals surface area contributed by atoms with E-state index in [0.29, 0.717) is 17.1 Å². The van der Waals surface area contributed by atoms with Gasteiger partial charge in [-0.05, 0) is 42.5 Å². The maximum absolute atomic E-state index is 13.3. The highest BCUT2D eigenvalue weighted by atomic mass is 35.5. The summed E-state index contributed by atoms with van der Waals surface area (Å²) in [7, 11) is 0. The Morgan fingerprint density at radius 1 is 1.11 bits per heavy atom. The van der Waals surface area contributed by atoms with E-state index >= 15 is 0 Å². The summed E-state index contributed by atoms with van der Waals surface area (Å²) < 4.78 is 13.3. The minimum atomic E-state index is -0.566. The summed E-state index contributed by atoms with van der Waals surface area (Å²) in [5, 5.41) is 5.32. The lowest BCUT2D eigenvalue weighted by Gasteiger charge is -2.17. The fraction of sp³-hybridized carbons (Fsp3) is 0.211. The minimum absolute atomic E-state index is 0.0603. The van der Waals surface area contributed by atoms with Crippen LogP contribution < -0.4 is 15.5 Å². The molecule has 2 N–H and O–H groups in total. The van der Waals surface area contributed by atoms with Crippen LogP contribution in [0.4, 0.5) is 21.5 Å². The van der Waals surface area contributed by atoms with Gasteiger partial charge < -0.3 is 15.5 Å². The van der Waals surface area contributed by atoms with E-state index in [2.05, 4.69) is 10.6 Å². The zero-order valence-electron chi connectivity index (χ0n) is 14.5.